The molecule has 1 aliphatic carbocycles. The van der Waals surface area contributed by atoms with E-state index < -0.39 is 0 Å². The van der Waals surface area contributed by atoms with E-state index in [1.807, 2.05) is 17.0 Å². The van der Waals surface area contributed by atoms with Gasteiger partial charge in [-0.05, 0) is 31.4 Å². The maximum Gasteiger partial charge on any atom is 0.251 e. The number of carbonyl (C=O) groups excluding carboxylic acids is 1. The van der Waals surface area contributed by atoms with Crippen molar-refractivity contribution in [2.24, 2.45) is 5.92 Å². The topological polar surface area (TPSA) is 79.0 Å². The van der Waals surface area contributed by atoms with E-state index in [2.05, 4.69) is 15.0 Å². The molecule has 3 heterocycles. The van der Waals surface area contributed by atoms with Crippen LogP contribution in [0.1, 0.15) is 50.1 Å². The predicted molar refractivity (Wildman–Crippen MR) is 98.6 cm³/mol. The van der Waals surface area contributed by atoms with Crippen LogP contribution in [-0.4, -0.2) is 38.8 Å². The second-order valence-corrected chi connectivity index (χ2v) is 7.36. The number of likely N-dealkylation sites (tertiary alicyclic amines) is 1. The maximum absolute atomic E-state index is 12.8. The van der Waals surface area contributed by atoms with Gasteiger partial charge in [0.05, 0.1) is 5.69 Å². The summed E-state index contributed by atoms with van der Waals surface area (Å²) in [5.41, 5.74) is 1.46. The fourth-order valence-corrected chi connectivity index (χ4v) is 4.14. The summed E-state index contributed by atoms with van der Waals surface area (Å²) >= 11 is 0. The molecule has 136 valence electrons. The molecule has 2 aromatic rings. The van der Waals surface area contributed by atoms with Gasteiger partial charge in [-0.25, -0.2) is 4.98 Å². The summed E-state index contributed by atoms with van der Waals surface area (Å²) in [5.74, 6) is 1.19. The van der Waals surface area contributed by atoms with Crippen molar-refractivity contribution >= 4 is 5.91 Å². The number of carbonyl (C=O) groups is 1. The lowest BCUT2D eigenvalue weighted by atomic mass is 9.88. The fraction of sp³-hybridized carbons (Fsp3) is 0.500. The summed E-state index contributed by atoms with van der Waals surface area (Å²) in [4.78, 5) is 38.3. The molecule has 1 saturated heterocycles. The van der Waals surface area contributed by atoms with E-state index in [1.165, 1.54) is 19.3 Å². The number of hydrogen-bond acceptors (Lipinski definition) is 4. The minimum Gasteiger partial charge on any atom is -0.342 e. The highest BCUT2D eigenvalue weighted by molar-refractivity contribution is 5.79. The molecule has 1 amide bonds. The smallest absolute Gasteiger partial charge is 0.251 e. The van der Waals surface area contributed by atoms with Crippen LogP contribution >= 0.6 is 0 Å². The summed E-state index contributed by atoms with van der Waals surface area (Å²) in [6, 6.07) is 5.23. The Kier molecular flexibility index (Phi) is 4.82. The Labute approximate surface area is 152 Å². The Bertz CT molecular complexity index is 827. The Morgan fingerprint density at radius 3 is 2.65 bits per heavy atom. The molecule has 1 N–H and O–H groups in total. The molecule has 6 nitrogen and oxygen atoms in total. The summed E-state index contributed by atoms with van der Waals surface area (Å²) < 4.78 is 0. The average Bonchev–Trinajstić information content (AvgIpc) is 3.18. The summed E-state index contributed by atoms with van der Waals surface area (Å²) in [5, 5.41) is 0. The van der Waals surface area contributed by atoms with Crippen LogP contribution in [0.4, 0.5) is 0 Å². The van der Waals surface area contributed by atoms with Crippen molar-refractivity contribution in [1.29, 1.82) is 0 Å². The predicted octanol–water partition coefficient (Wildman–Crippen LogP) is 2.73. The van der Waals surface area contributed by atoms with E-state index in [0.29, 0.717) is 18.3 Å². The molecule has 4 rings (SSSR count). The van der Waals surface area contributed by atoms with Crippen molar-refractivity contribution in [2.75, 3.05) is 13.1 Å². The number of aromatic amines is 1. The van der Waals surface area contributed by atoms with Gasteiger partial charge in [0.25, 0.3) is 5.56 Å². The van der Waals surface area contributed by atoms with E-state index in [1.54, 1.807) is 18.5 Å². The van der Waals surface area contributed by atoms with Gasteiger partial charge in [0.1, 0.15) is 5.82 Å². The van der Waals surface area contributed by atoms with Crippen LogP contribution in [0.15, 0.2) is 35.4 Å². The molecule has 0 spiro atoms. The quantitative estimate of drug-likeness (QED) is 0.921. The van der Waals surface area contributed by atoms with Gasteiger partial charge < -0.3 is 9.88 Å². The van der Waals surface area contributed by atoms with Crippen LogP contribution in [0, 0.1) is 5.92 Å². The van der Waals surface area contributed by atoms with Gasteiger partial charge in [0, 0.05) is 48.9 Å². The Morgan fingerprint density at radius 2 is 1.88 bits per heavy atom. The normalized spacial score (nSPS) is 21.1. The lowest BCUT2D eigenvalue weighted by Gasteiger charge is -2.26. The Hall–Kier alpha value is -2.50. The van der Waals surface area contributed by atoms with Gasteiger partial charge in [-0.15, -0.1) is 0 Å². The zero-order valence-electron chi connectivity index (χ0n) is 14.9. The Morgan fingerprint density at radius 1 is 1.12 bits per heavy atom. The van der Waals surface area contributed by atoms with E-state index in [0.717, 1.165) is 37.1 Å². The highest BCUT2D eigenvalue weighted by Gasteiger charge is 2.32. The molecule has 1 atom stereocenters. The second kappa shape index (κ2) is 7.40. The number of hydrogen-bond donors (Lipinski definition) is 1. The lowest BCUT2D eigenvalue weighted by molar-refractivity contribution is -0.135. The van der Waals surface area contributed by atoms with Crippen LogP contribution in [-0.2, 0) is 4.79 Å². The van der Waals surface area contributed by atoms with E-state index in [-0.39, 0.29) is 17.4 Å². The van der Waals surface area contributed by atoms with Gasteiger partial charge in [-0.3, -0.25) is 14.6 Å². The number of rotatable bonds is 3. The van der Waals surface area contributed by atoms with Crippen molar-refractivity contribution in [3.63, 3.8) is 0 Å². The third kappa shape index (κ3) is 3.54. The van der Waals surface area contributed by atoms with Crippen molar-refractivity contribution in [2.45, 2.75) is 44.4 Å². The van der Waals surface area contributed by atoms with Crippen LogP contribution in [0.5, 0.6) is 0 Å². The minimum atomic E-state index is -0.154. The molecule has 0 aromatic carbocycles. The average molecular weight is 352 g/mol. The lowest BCUT2D eigenvalue weighted by Crippen LogP contribution is -2.35. The van der Waals surface area contributed by atoms with E-state index in [4.69, 9.17) is 0 Å². The first-order chi connectivity index (χ1) is 12.7. The SMILES string of the molecule is O=C(C1CCCCC1)N1CC[C@@H](c2cc(=O)[nH]c(-c3ccncc3)n2)C1. The molecule has 0 bridgehead atoms. The number of pyridine rings is 1. The largest absolute Gasteiger partial charge is 0.342 e. The summed E-state index contributed by atoms with van der Waals surface area (Å²) in [6.45, 7) is 1.43. The maximum atomic E-state index is 12.8. The number of H-pyrrole nitrogens is 1. The summed E-state index contributed by atoms with van der Waals surface area (Å²) in [6.07, 6.45) is 9.86. The molecular weight excluding hydrogens is 328 g/mol. The molecule has 0 radical (unpaired) electrons. The van der Waals surface area contributed by atoms with Crippen molar-refractivity contribution in [3.05, 3.63) is 46.6 Å². The van der Waals surface area contributed by atoms with Crippen LogP contribution in [0.2, 0.25) is 0 Å². The van der Waals surface area contributed by atoms with Crippen molar-refractivity contribution in [1.82, 2.24) is 19.9 Å². The fourth-order valence-electron chi connectivity index (χ4n) is 4.14. The second-order valence-electron chi connectivity index (χ2n) is 7.36. The molecule has 6 heteroatoms. The highest BCUT2D eigenvalue weighted by Crippen LogP contribution is 2.31. The molecule has 1 saturated carbocycles. The first-order valence-electron chi connectivity index (χ1n) is 9.51. The third-order valence-corrected chi connectivity index (χ3v) is 5.59. The van der Waals surface area contributed by atoms with Gasteiger partial charge >= 0.3 is 0 Å². The number of nitrogens with zero attached hydrogens (tertiary/aromatic N) is 3. The molecule has 2 aromatic heterocycles. The molecule has 2 aliphatic rings. The molecule has 2 fully saturated rings. The molecule has 26 heavy (non-hydrogen) atoms. The van der Waals surface area contributed by atoms with Crippen LogP contribution < -0.4 is 5.56 Å². The number of nitrogens with one attached hydrogen (secondary N) is 1. The first kappa shape index (κ1) is 16.9. The number of aromatic nitrogens is 3. The number of amides is 1. The van der Waals surface area contributed by atoms with Gasteiger partial charge in [-0.1, -0.05) is 19.3 Å². The Balaban J connectivity index is 1.51. The zero-order chi connectivity index (χ0) is 17.9. The van der Waals surface area contributed by atoms with Gasteiger partial charge in [0.2, 0.25) is 5.91 Å². The van der Waals surface area contributed by atoms with Gasteiger partial charge in [0.15, 0.2) is 0 Å². The highest BCUT2D eigenvalue weighted by atomic mass is 16.2. The van der Waals surface area contributed by atoms with Gasteiger partial charge in [-0.2, -0.15) is 0 Å². The minimum absolute atomic E-state index is 0.130. The van der Waals surface area contributed by atoms with E-state index in [9.17, 15) is 9.59 Å². The summed E-state index contributed by atoms with van der Waals surface area (Å²) in [7, 11) is 0. The van der Waals surface area contributed by atoms with Crippen LogP contribution in [0.25, 0.3) is 11.4 Å². The molecule has 0 unspecified atom stereocenters. The van der Waals surface area contributed by atoms with Crippen LogP contribution in [0.3, 0.4) is 0 Å². The monoisotopic (exact) mass is 352 g/mol. The van der Waals surface area contributed by atoms with Crippen molar-refractivity contribution < 1.29 is 4.79 Å². The zero-order valence-corrected chi connectivity index (χ0v) is 14.9. The first-order valence-corrected chi connectivity index (χ1v) is 9.51. The van der Waals surface area contributed by atoms with Crippen molar-refractivity contribution in [3.8, 4) is 11.4 Å². The standard InChI is InChI=1S/C20H24N4O2/c25-18-12-17(22-19(23-18)14-6-9-21-10-7-14)16-8-11-24(13-16)20(26)15-4-2-1-3-5-15/h6-7,9-10,12,15-16H,1-5,8,11,13H2,(H,22,23,25)/t16-/m1/s1. The molecule has 1 aliphatic heterocycles. The third-order valence-electron chi connectivity index (χ3n) is 5.59. The van der Waals surface area contributed by atoms with E-state index >= 15 is 0 Å². The molecular formula is C20H24N4O2.